The van der Waals surface area contributed by atoms with Crippen molar-refractivity contribution >= 4 is 38.9 Å². The maximum Gasteiger partial charge on any atom is 0.416 e. The Morgan fingerprint density at radius 3 is 2.52 bits per heavy atom. The number of hydrogen-bond acceptors (Lipinski definition) is 4. The number of amides is 1. The number of fused-ring (bicyclic) bond motifs is 1. The fraction of sp³-hybridized carbons (Fsp3) is 0.188. The van der Waals surface area contributed by atoms with Crippen LogP contribution in [0.25, 0.3) is 0 Å². The highest BCUT2D eigenvalue weighted by atomic mass is 35.5. The van der Waals surface area contributed by atoms with Crippen molar-refractivity contribution < 1.29 is 26.4 Å². The van der Waals surface area contributed by atoms with E-state index in [-0.39, 0.29) is 21.3 Å². The van der Waals surface area contributed by atoms with Gasteiger partial charge in [-0.15, -0.1) is 0 Å². The predicted molar refractivity (Wildman–Crippen MR) is 94.0 cm³/mol. The average molecular weight is 420 g/mol. The van der Waals surface area contributed by atoms with Gasteiger partial charge in [-0.2, -0.15) is 17.9 Å². The fourth-order valence-electron chi connectivity index (χ4n) is 2.50. The molecule has 2 aromatic carbocycles. The van der Waals surface area contributed by atoms with Crippen molar-refractivity contribution in [2.24, 2.45) is 0 Å². The summed E-state index contributed by atoms with van der Waals surface area (Å²) in [4.78, 5) is 12.0. The van der Waals surface area contributed by atoms with Crippen LogP contribution in [0.3, 0.4) is 0 Å². The van der Waals surface area contributed by atoms with Crippen LogP contribution in [0, 0.1) is 6.92 Å². The van der Waals surface area contributed by atoms with E-state index in [1.807, 2.05) is 0 Å². The maximum absolute atomic E-state index is 12.9. The zero-order valence-electron chi connectivity index (χ0n) is 13.7. The van der Waals surface area contributed by atoms with E-state index in [9.17, 15) is 26.4 Å². The molecular formula is C16H13ClF3N3O3S. The zero-order valence-corrected chi connectivity index (χ0v) is 15.3. The van der Waals surface area contributed by atoms with E-state index in [2.05, 4.69) is 15.4 Å². The minimum atomic E-state index is -4.65. The summed E-state index contributed by atoms with van der Waals surface area (Å²) in [5.41, 5.74) is -0.267. The highest BCUT2D eigenvalue weighted by Crippen LogP contribution is 2.35. The number of hydrogen-bond donors (Lipinski definition) is 3. The lowest BCUT2D eigenvalue weighted by molar-refractivity contribution is -0.137. The number of halogens is 4. The van der Waals surface area contributed by atoms with Gasteiger partial charge in [0.2, 0.25) is 10.0 Å². The molecule has 1 aliphatic heterocycles. The number of carbonyl (C=O) groups is 1. The quantitative estimate of drug-likeness (QED) is 0.696. The molecule has 1 heterocycles. The molecule has 1 atom stereocenters. The molecule has 0 aromatic heterocycles. The fourth-order valence-corrected chi connectivity index (χ4v) is 4.04. The van der Waals surface area contributed by atoms with Gasteiger partial charge in [0.1, 0.15) is 4.90 Å². The number of rotatable bonds is 2. The van der Waals surface area contributed by atoms with Crippen molar-refractivity contribution in [2.45, 2.75) is 24.2 Å². The summed E-state index contributed by atoms with van der Waals surface area (Å²) < 4.78 is 65.3. The summed E-state index contributed by atoms with van der Waals surface area (Å²) in [6, 6.07) is 6.95. The molecule has 1 aliphatic rings. The largest absolute Gasteiger partial charge is 0.416 e. The molecule has 0 saturated carbocycles. The Hall–Kier alpha value is -2.30. The molecule has 3 N–H and O–H groups in total. The Kier molecular flexibility index (Phi) is 4.83. The van der Waals surface area contributed by atoms with Crippen LogP contribution in [-0.2, 0) is 21.0 Å². The Balaban J connectivity index is 1.90. The number of aryl methyl sites for hydroxylation is 1. The minimum Gasteiger partial charge on any atom is -0.360 e. The third kappa shape index (κ3) is 4.02. The highest BCUT2D eigenvalue weighted by molar-refractivity contribution is 7.89. The van der Waals surface area contributed by atoms with E-state index in [0.29, 0.717) is 12.1 Å². The molecule has 6 nitrogen and oxygen atoms in total. The van der Waals surface area contributed by atoms with Gasteiger partial charge in [-0.1, -0.05) is 17.7 Å². The molecular weight excluding hydrogens is 407 g/mol. The van der Waals surface area contributed by atoms with E-state index >= 15 is 0 Å². The number of nitrogens with one attached hydrogen (secondary N) is 3. The van der Waals surface area contributed by atoms with Crippen LogP contribution in [0.1, 0.15) is 11.1 Å². The van der Waals surface area contributed by atoms with Crippen LogP contribution in [0.4, 0.5) is 24.5 Å². The summed E-state index contributed by atoms with van der Waals surface area (Å²) in [6.07, 6.45) is -6.17. The Bertz CT molecular complexity index is 1030. The molecule has 0 spiro atoms. The molecule has 144 valence electrons. The highest BCUT2D eigenvalue weighted by Gasteiger charge is 2.37. The summed E-state index contributed by atoms with van der Waals surface area (Å²) in [7, 11) is -4.18. The molecule has 11 heteroatoms. The Labute approximate surface area is 157 Å². The maximum atomic E-state index is 12.9. The molecule has 1 amide bonds. The molecule has 0 bridgehead atoms. The lowest BCUT2D eigenvalue weighted by atomic mass is 10.2. The van der Waals surface area contributed by atoms with Crippen LogP contribution in [0.15, 0.2) is 41.3 Å². The summed E-state index contributed by atoms with van der Waals surface area (Å²) >= 11 is 6.02. The Morgan fingerprint density at radius 1 is 1.19 bits per heavy atom. The molecule has 0 radical (unpaired) electrons. The Morgan fingerprint density at radius 2 is 1.89 bits per heavy atom. The first-order valence-corrected chi connectivity index (χ1v) is 9.40. The van der Waals surface area contributed by atoms with Crippen molar-refractivity contribution in [1.82, 2.24) is 4.72 Å². The van der Waals surface area contributed by atoms with Gasteiger partial charge in [-0.3, -0.25) is 4.79 Å². The molecule has 0 aliphatic carbocycles. The number of benzene rings is 2. The van der Waals surface area contributed by atoms with Gasteiger partial charge in [-0.05, 0) is 42.8 Å². The summed E-state index contributed by atoms with van der Waals surface area (Å²) in [5, 5.41) is 5.15. The van der Waals surface area contributed by atoms with Gasteiger partial charge in [-0.25, -0.2) is 8.42 Å². The van der Waals surface area contributed by atoms with Crippen LogP contribution in [0.2, 0.25) is 5.02 Å². The van der Waals surface area contributed by atoms with Crippen LogP contribution >= 0.6 is 11.6 Å². The molecule has 27 heavy (non-hydrogen) atoms. The lowest BCUT2D eigenvalue weighted by Gasteiger charge is -2.27. The van der Waals surface area contributed by atoms with E-state index in [1.54, 1.807) is 19.1 Å². The molecule has 0 fully saturated rings. The second kappa shape index (κ2) is 6.70. The number of alkyl halides is 3. The minimum absolute atomic E-state index is 0.238. The first kappa shape index (κ1) is 19.5. The van der Waals surface area contributed by atoms with Crippen LogP contribution < -0.4 is 15.4 Å². The third-order valence-electron chi connectivity index (χ3n) is 3.81. The van der Waals surface area contributed by atoms with Crippen molar-refractivity contribution in [2.75, 3.05) is 10.6 Å². The van der Waals surface area contributed by atoms with Crippen molar-refractivity contribution in [3.05, 3.63) is 52.5 Å². The lowest BCUT2D eigenvalue weighted by Crippen LogP contribution is -2.51. The van der Waals surface area contributed by atoms with Crippen LogP contribution in [0.5, 0.6) is 0 Å². The van der Waals surface area contributed by atoms with Crippen LogP contribution in [-0.4, -0.2) is 20.5 Å². The first-order valence-electron chi connectivity index (χ1n) is 7.54. The van der Waals surface area contributed by atoms with E-state index < -0.39 is 33.8 Å². The van der Waals surface area contributed by atoms with Gasteiger partial charge < -0.3 is 10.6 Å². The van der Waals surface area contributed by atoms with E-state index in [4.69, 9.17) is 11.6 Å². The second-order valence-corrected chi connectivity index (χ2v) is 7.97. The zero-order chi connectivity index (χ0) is 20.0. The normalized spacial score (nSPS) is 18.3. The van der Waals surface area contributed by atoms with Gasteiger partial charge in [0.05, 0.1) is 22.0 Å². The smallest absolute Gasteiger partial charge is 0.360 e. The van der Waals surface area contributed by atoms with E-state index in [0.717, 1.165) is 11.6 Å². The number of sulfonamides is 1. The summed E-state index contributed by atoms with van der Waals surface area (Å²) in [5.74, 6) is -0.826. The van der Waals surface area contributed by atoms with Gasteiger partial charge in [0.25, 0.3) is 5.91 Å². The van der Waals surface area contributed by atoms with Crippen molar-refractivity contribution in [3.8, 4) is 0 Å². The topological polar surface area (TPSA) is 87.3 Å². The molecule has 0 saturated heterocycles. The predicted octanol–water partition coefficient (Wildman–Crippen LogP) is 3.34. The first-order chi connectivity index (χ1) is 12.5. The monoisotopic (exact) mass is 419 g/mol. The van der Waals surface area contributed by atoms with E-state index in [1.165, 1.54) is 6.07 Å². The summed E-state index contributed by atoms with van der Waals surface area (Å²) in [6.45, 7) is 1.80. The number of carbonyl (C=O) groups excluding carboxylic acids is 1. The van der Waals surface area contributed by atoms with Gasteiger partial charge in [0, 0.05) is 0 Å². The standard InChI is InChI=1S/C16H13ClF3N3O3S/c1-8-2-4-11(10(17)6-8)22-15(24)14-21-12-7-9(16(18,19)20)3-5-13(12)27(25,26)23-14/h2-7,14,21,23H,1H3,(H,22,24). The van der Waals surface area contributed by atoms with Crippen molar-refractivity contribution in [3.63, 3.8) is 0 Å². The number of anilines is 2. The molecule has 1 unspecified atom stereocenters. The van der Waals surface area contributed by atoms with Crippen molar-refractivity contribution in [1.29, 1.82) is 0 Å². The SMILES string of the molecule is Cc1ccc(NC(=O)C2Nc3cc(C(F)(F)F)ccc3S(=O)(=O)N2)c(Cl)c1. The second-order valence-electron chi connectivity index (χ2n) is 5.88. The average Bonchev–Trinajstić information content (AvgIpc) is 2.55. The van der Waals surface area contributed by atoms with Gasteiger partial charge >= 0.3 is 6.18 Å². The molecule has 2 aromatic rings. The molecule has 3 rings (SSSR count). The third-order valence-corrected chi connectivity index (χ3v) is 5.61. The van der Waals surface area contributed by atoms with Gasteiger partial charge in [0.15, 0.2) is 6.17 Å².